The Balaban J connectivity index is 1.90. The van der Waals surface area contributed by atoms with Crippen molar-refractivity contribution in [1.82, 2.24) is 10.1 Å². The molecule has 2 N–H and O–H groups in total. The first-order chi connectivity index (χ1) is 9.15. The lowest BCUT2D eigenvalue weighted by atomic mass is 10.0. The molecule has 0 radical (unpaired) electrons. The van der Waals surface area contributed by atoms with Crippen molar-refractivity contribution >= 4 is 15.9 Å². The number of hydrogen-bond donors (Lipinski definition) is 1. The van der Waals surface area contributed by atoms with E-state index in [4.69, 9.17) is 10.3 Å². The molecule has 1 aromatic heterocycles. The highest BCUT2D eigenvalue weighted by Crippen LogP contribution is 2.33. The largest absolute Gasteiger partial charge is 0.339 e. The fraction of sp³-hybridized carbons (Fsp3) is 0.429. The summed E-state index contributed by atoms with van der Waals surface area (Å²) < 4.78 is 6.44. The lowest BCUT2D eigenvalue weighted by Gasteiger charge is -2.08. The van der Waals surface area contributed by atoms with E-state index in [0.29, 0.717) is 11.7 Å². The van der Waals surface area contributed by atoms with Crippen LogP contribution >= 0.6 is 15.9 Å². The van der Waals surface area contributed by atoms with Crippen LogP contribution in [0.1, 0.15) is 36.6 Å². The van der Waals surface area contributed by atoms with Gasteiger partial charge in [-0.25, -0.2) is 0 Å². The summed E-state index contributed by atoms with van der Waals surface area (Å²) in [4.78, 5) is 4.51. The quantitative estimate of drug-likeness (QED) is 0.920. The molecule has 0 bridgehead atoms. The molecule has 0 saturated heterocycles. The van der Waals surface area contributed by atoms with Gasteiger partial charge in [-0.2, -0.15) is 4.98 Å². The smallest absolute Gasteiger partial charge is 0.231 e. The van der Waals surface area contributed by atoms with Gasteiger partial charge in [0.2, 0.25) is 11.7 Å². The average molecular weight is 322 g/mol. The fourth-order valence-electron chi connectivity index (χ4n) is 2.53. The molecule has 2 unspecified atom stereocenters. The molecule has 0 spiro atoms. The average Bonchev–Trinajstić information content (AvgIpc) is 3.01. The monoisotopic (exact) mass is 321 g/mol. The van der Waals surface area contributed by atoms with Crippen LogP contribution in [0.5, 0.6) is 0 Å². The zero-order valence-electron chi connectivity index (χ0n) is 10.8. The summed E-state index contributed by atoms with van der Waals surface area (Å²) in [5.74, 6) is 1.53. The maximum atomic E-state index is 6.07. The summed E-state index contributed by atoms with van der Waals surface area (Å²) in [5, 5.41) is 4.07. The summed E-state index contributed by atoms with van der Waals surface area (Å²) in [5.41, 5.74) is 8.21. The second-order valence-electron chi connectivity index (χ2n) is 5.12. The Kier molecular flexibility index (Phi) is 3.41. The Morgan fingerprint density at radius 2 is 2.21 bits per heavy atom. The van der Waals surface area contributed by atoms with Gasteiger partial charge in [-0.05, 0) is 31.4 Å². The van der Waals surface area contributed by atoms with E-state index in [1.165, 1.54) is 5.56 Å². The molecule has 2 atom stereocenters. The van der Waals surface area contributed by atoms with Crippen molar-refractivity contribution in [3.63, 3.8) is 0 Å². The van der Waals surface area contributed by atoms with Crippen molar-refractivity contribution in [2.75, 3.05) is 0 Å². The Morgan fingerprint density at radius 1 is 1.37 bits per heavy atom. The minimum Gasteiger partial charge on any atom is -0.339 e. The first-order valence-electron chi connectivity index (χ1n) is 6.51. The summed E-state index contributed by atoms with van der Waals surface area (Å²) in [6.45, 7) is 2.05. The van der Waals surface area contributed by atoms with E-state index in [1.807, 2.05) is 25.1 Å². The third-order valence-electron chi connectivity index (χ3n) is 3.76. The van der Waals surface area contributed by atoms with Gasteiger partial charge in [0, 0.05) is 16.1 Å². The zero-order valence-corrected chi connectivity index (χ0v) is 12.4. The van der Waals surface area contributed by atoms with Gasteiger partial charge in [-0.3, -0.25) is 0 Å². The number of halogens is 1. The molecule has 3 rings (SSSR count). The molecule has 4 nitrogen and oxygen atoms in total. The summed E-state index contributed by atoms with van der Waals surface area (Å²) in [6, 6.07) is 6.21. The second kappa shape index (κ2) is 5.06. The van der Waals surface area contributed by atoms with Crippen molar-refractivity contribution in [1.29, 1.82) is 0 Å². The lowest BCUT2D eigenvalue weighted by molar-refractivity contribution is 0.345. The molecule has 2 aromatic rings. The first kappa shape index (κ1) is 12.8. The molecule has 5 heteroatoms. The van der Waals surface area contributed by atoms with E-state index in [9.17, 15) is 0 Å². The van der Waals surface area contributed by atoms with E-state index in [0.717, 1.165) is 29.3 Å². The molecule has 0 aliphatic heterocycles. The van der Waals surface area contributed by atoms with Gasteiger partial charge in [-0.15, -0.1) is 0 Å². The molecule has 1 saturated carbocycles. The van der Waals surface area contributed by atoms with Crippen LogP contribution in [-0.4, -0.2) is 16.2 Å². The van der Waals surface area contributed by atoms with Crippen LogP contribution in [0.2, 0.25) is 0 Å². The number of aryl methyl sites for hydroxylation is 1. The highest BCUT2D eigenvalue weighted by molar-refractivity contribution is 9.10. The van der Waals surface area contributed by atoms with Crippen LogP contribution in [0.25, 0.3) is 11.4 Å². The molecule has 1 aliphatic rings. The minimum atomic E-state index is 0.151. The molecule has 100 valence electrons. The number of aromatic nitrogens is 2. The predicted molar refractivity (Wildman–Crippen MR) is 76.7 cm³/mol. The number of nitrogens with zero attached hydrogens (tertiary/aromatic N) is 2. The van der Waals surface area contributed by atoms with Crippen molar-refractivity contribution in [2.45, 2.75) is 38.1 Å². The second-order valence-corrected chi connectivity index (χ2v) is 5.98. The van der Waals surface area contributed by atoms with E-state index in [2.05, 4.69) is 26.1 Å². The number of benzene rings is 1. The Hall–Kier alpha value is -1.20. The van der Waals surface area contributed by atoms with Gasteiger partial charge in [0.25, 0.3) is 0 Å². The van der Waals surface area contributed by atoms with Crippen LogP contribution in [0.3, 0.4) is 0 Å². The van der Waals surface area contributed by atoms with Crippen molar-refractivity contribution < 1.29 is 4.52 Å². The number of hydrogen-bond acceptors (Lipinski definition) is 4. The van der Waals surface area contributed by atoms with Crippen molar-refractivity contribution in [3.05, 3.63) is 34.1 Å². The third-order valence-corrected chi connectivity index (χ3v) is 4.61. The van der Waals surface area contributed by atoms with Crippen molar-refractivity contribution in [3.8, 4) is 11.4 Å². The third kappa shape index (κ3) is 2.44. The van der Waals surface area contributed by atoms with Crippen LogP contribution < -0.4 is 5.73 Å². The van der Waals surface area contributed by atoms with E-state index in [1.54, 1.807) is 0 Å². The molecule has 1 aliphatic carbocycles. The van der Waals surface area contributed by atoms with Gasteiger partial charge >= 0.3 is 0 Å². The van der Waals surface area contributed by atoms with E-state index in [-0.39, 0.29) is 12.0 Å². The van der Waals surface area contributed by atoms with Gasteiger partial charge in [-0.1, -0.05) is 39.6 Å². The standard InChI is InChI=1S/C14H16BrN3O/c1-8-5-6-9(7-11(8)15)13-17-14(19-18-13)10-3-2-4-12(10)16/h5-7,10,12H,2-4,16H2,1H3. The molecule has 0 amide bonds. The maximum Gasteiger partial charge on any atom is 0.231 e. The topological polar surface area (TPSA) is 64.9 Å². The number of nitrogens with two attached hydrogens (primary N) is 1. The molecular weight excluding hydrogens is 306 g/mol. The summed E-state index contributed by atoms with van der Waals surface area (Å²) >= 11 is 3.52. The Bertz CT molecular complexity index is 596. The van der Waals surface area contributed by atoms with E-state index < -0.39 is 0 Å². The maximum absolute atomic E-state index is 6.07. The highest BCUT2D eigenvalue weighted by atomic mass is 79.9. The molecule has 1 heterocycles. The molecule has 19 heavy (non-hydrogen) atoms. The predicted octanol–water partition coefficient (Wildman–Crippen LogP) is 3.40. The lowest BCUT2D eigenvalue weighted by Crippen LogP contribution is -2.22. The van der Waals surface area contributed by atoms with Crippen LogP contribution in [-0.2, 0) is 0 Å². The van der Waals surface area contributed by atoms with Gasteiger partial charge in [0.15, 0.2) is 0 Å². The van der Waals surface area contributed by atoms with Crippen LogP contribution in [0.15, 0.2) is 27.2 Å². The van der Waals surface area contributed by atoms with Gasteiger partial charge in [0.05, 0.1) is 5.92 Å². The SMILES string of the molecule is Cc1ccc(-c2noc(C3CCCC3N)n2)cc1Br. The minimum absolute atomic E-state index is 0.151. The fourth-order valence-corrected chi connectivity index (χ4v) is 2.91. The first-order valence-corrected chi connectivity index (χ1v) is 7.30. The molecule has 1 aromatic carbocycles. The molecular formula is C14H16BrN3O. The zero-order chi connectivity index (χ0) is 13.4. The van der Waals surface area contributed by atoms with E-state index >= 15 is 0 Å². The van der Waals surface area contributed by atoms with Gasteiger partial charge in [0.1, 0.15) is 0 Å². The normalized spacial score (nSPS) is 22.9. The summed E-state index contributed by atoms with van der Waals surface area (Å²) in [6.07, 6.45) is 3.22. The van der Waals surface area contributed by atoms with Crippen LogP contribution in [0.4, 0.5) is 0 Å². The van der Waals surface area contributed by atoms with Gasteiger partial charge < -0.3 is 10.3 Å². The number of rotatable bonds is 2. The Labute approximate surface area is 120 Å². The van der Waals surface area contributed by atoms with Crippen molar-refractivity contribution in [2.24, 2.45) is 5.73 Å². The highest BCUT2D eigenvalue weighted by Gasteiger charge is 2.30. The molecule has 1 fully saturated rings. The summed E-state index contributed by atoms with van der Waals surface area (Å²) in [7, 11) is 0. The van der Waals surface area contributed by atoms with Crippen LogP contribution in [0, 0.1) is 6.92 Å². The Morgan fingerprint density at radius 3 is 2.89 bits per heavy atom.